The van der Waals surface area contributed by atoms with Gasteiger partial charge in [-0.15, -0.1) is 0 Å². The van der Waals surface area contributed by atoms with E-state index in [1.165, 1.54) is 6.42 Å². The van der Waals surface area contributed by atoms with Crippen molar-refractivity contribution in [2.24, 2.45) is 0 Å². The van der Waals surface area contributed by atoms with E-state index in [1.54, 1.807) is 12.3 Å². The summed E-state index contributed by atoms with van der Waals surface area (Å²) < 4.78 is 0. The lowest BCUT2D eigenvalue weighted by Gasteiger charge is -2.08. The number of nitrogens with one attached hydrogen (secondary N) is 1. The fourth-order valence-electron chi connectivity index (χ4n) is 1.65. The van der Waals surface area contributed by atoms with Gasteiger partial charge >= 0.3 is 0 Å². The summed E-state index contributed by atoms with van der Waals surface area (Å²) in [6.07, 6.45) is 4.03. The van der Waals surface area contributed by atoms with Crippen LogP contribution in [0.1, 0.15) is 30.1 Å². The molecule has 1 aromatic heterocycles. The Morgan fingerprint density at radius 2 is 2.54 bits per heavy atom. The summed E-state index contributed by atoms with van der Waals surface area (Å²) in [5, 5.41) is 12.1. The Hall–Kier alpha value is -1.40. The van der Waals surface area contributed by atoms with Crippen molar-refractivity contribution in [1.82, 2.24) is 10.3 Å². The highest BCUT2D eigenvalue weighted by atomic mass is 15.0. The molecular weight excluding hydrogens is 162 g/mol. The van der Waals surface area contributed by atoms with Crippen molar-refractivity contribution in [3.8, 4) is 6.07 Å². The molecule has 0 unspecified atom stereocenters. The van der Waals surface area contributed by atoms with Gasteiger partial charge in [-0.1, -0.05) is 0 Å². The van der Waals surface area contributed by atoms with Crippen LogP contribution in [0, 0.1) is 11.3 Å². The van der Waals surface area contributed by atoms with E-state index in [0.717, 1.165) is 18.7 Å². The standard InChI is InChI=1S/C10H11N3/c11-7-8-3-5-13-10(6-8)9-2-1-4-12-9/h3,5-6,9,12H,1-2,4H2/t9-/m1/s1. The maximum atomic E-state index is 8.71. The minimum Gasteiger partial charge on any atom is -0.309 e. The van der Waals surface area contributed by atoms with Crippen LogP contribution >= 0.6 is 0 Å². The van der Waals surface area contributed by atoms with Crippen molar-refractivity contribution in [2.45, 2.75) is 18.9 Å². The molecule has 66 valence electrons. The van der Waals surface area contributed by atoms with E-state index in [0.29, 0.717) is 11.6 Å². The summed E-state index contributed by atoms with van der Waals surface area (Å²) in [5.41, 5.74) is 1.69. The third-order valence-corrected chi connectivity index (χ3v) is 2.33. The molecule has 0 spiro atoms. The van der Waals surface area contributed by atoms with Gasteiger partial charge in [-0.3, -0.25) is 4.98 Å². The Morgan fingerprint density at radius 3 is 3.23 bits per heavy atom. The quantitative estimate of drug-likeness (QED) is 0.698. The maximum absolute atomic E-state index is 8.71. The number of pyridine rings is 1. The van der Waals surface area contributed by atoms with Gasteiger partial charge in [-0.2, -0.15) is 5.26 Å². The largest absolute Gasteiger partial charge is 0.309 e. The molecule has 1 N–H and O–H groups in total. The van der Waals surface area contributed by atoms with Crippen LogP contribution < -0.4 is 5.32 Å². The number of aromatic nitrogens is 1. The van der Waals surface area contributed by atoms with Crippen LogP contribution in [0.2, 0.25) is 0 Å². The number of nitrogens with zero attached hydrogens (tertiary/aromatic N) is 2. The van der Waals surface area contributed by atoms with Gasteiger partial charge < -0.3 is 5.32 Å². The van der Waals surface area contributed by atoms with Crippen LogP contribution in [-0.2, 0) is 0 Å². The van der Waals surface area contributed by atoms with Gasteiger partial charge in [-0.05, 0) is 31.5 Å². The minimum atomic E-state index is 0.355. The molecule has 1 fully saturated rings. The molecule has 2 heterocycles. The predicted molar refractivity (Wildman–Crippen MR) is 48.9 cm³/mol. The zero-order valence-corrected chi connectivity index (χ0v) is 7.33. The van der Waals surface area contributed by atoms with Crippen LogP contribution in [-0.4, -0.2) is 11.5 Å². The number of nitriles is 1. The zero-order valence-electron chi connectivity index (χ0n) is 7.33. The van der Waals surface area contributed by atoms with Gasteiger partial charge in [-0.25, -0.2) is 0 Å². The Morgan fingerprint density at radius 1 is 1.62 bits per heavy atom. The predicted octanol–water partition coefficient (Wildman–Crippen LogP) is 1.38. The Balaban J connectivity index is 2.25. The molecule has 1 atom stereocenters. The summed E-state index contributed by atoms with van der Waals surface area (Å²) in [6.45, 7) is 1.06. The normalized spacial score (nSPS) is 21.3. The molecule has 13 heavy (non-hydrogen) atoms. The SMILES string of the molecule is N#Cc1ccnc([C@H]2CCCN2)c1. The van der Waals surface area contributed by atoms with Crippen molar-refractivity contribution in [1.29, 1.82) is 5.26 Å². The Bertz CT molecular complexity index is 334. The second kappa shape index (κ2) is 3.55. The molecule has 1 aromatic rings. The van der Waals surface area contributed by atoms with Gasteiger partial charge in [0.25, 0.3) is 0 Å². The van der Waals surface area contributed by atoms with Gasteiger partial charge in [0, 0.05) is 12.2 Å². The lowest BCUT2D eigenvalue weighted by molar-refractivity contribution is 0.627. The highest BCUT2D eigenvalue weighted by Crippen LogP contribution is 2.21. The van der Waals surface area contributed by atoms with Gasteiger partial charge in [0.15, 0.2) is 0 Å². The molecule has 3 nitrogen and oxygen atoms in total. The van der Waals surface area contributed by atoms with E-state index < -0.39 is 0 Å². The number of hydrogen-bond acceptors (Lipinski definition) is 3. The number of rotatable bonds is 1. The zero-order chi connectivity index (χ0) is 9.10. The lowest BCUT2D eigenvalue weighted by atomic mass is 10.1. The molecule has 0 aromatic carbocycles. The maximum Gasteiger partial charge on any atom is 0.0992 e. The number of hydrogen-bond donors (Lipinski definition) is 1. The van der Waals surface area contributed by atoms with Crippen LogP contribution in [0.4, 0.5) is 0 Å². The highest BCUT2D eigenvalue weighted by molar-refractivity contribution is 5.30. The summed E-state index contributed by atoms with van der Waals surface area (Å²) in [5.74, 6) is 0. The van der Waals surface area contributed by atoms with Gasteiger partial charge in [0.05, 0.1) is 17.3 Å². The summed E-state index contributed by atoms with van der Waals surface area (Å²) in [6, 6.07) is 6.08. The van der Waals surface area contributed by atoms with Crippen LogP contribution in [0.15, 0.2) is 18.3 Å². The van der Waals surface area contributed by atoms with Crippen molar-refractivity contribution >= 4 is 0 Å². The monoisotopic (exact) mass is 173 g/mol. The van der Waals surface area contributed by atoms with E-state index in [1.807, 2.05) is 6.07 Å². The van der Waals surface area contributed by atoms with E-state index in [9.17, 15) is 0 Å². The van der Waals surface area contributed by atoms with Crippen LogP contribution in [0.5, 0.6) is 0 Å². The molecule has 3 heteroatoms. The molecule has 1 aliphatic rings. The third kappa shape index (κ3) is 1.68. The first kappa shape index (κ1) is 8.21. The van der Waals surface area contributed by atoms with E-state index in [-0.39, 0.29) is 0 Å². The first-order valence-corrected chi connectivity index (χ1v) is 4.49. The summed E-state index contributed by atoms with van der Waals surface area (Å²) >= 11 is 0. The Labute approximate surface area is 77.4 Å². The van der Waals surface area contributed by atoms with E-state index in [2.05, 4.69) is 16.4 Å². The van der Waals surface area contributed by atoms with Crippen molar-refractivity contribution < 1.29 is 0 Å². The van der Waals surface area contributed by atoms with Gasteiger partial charge in [0.1, 0.15) is 0 Å². The molecule has 0 radical (unpaired) electrons. The lowest BCUT2D eigenvalue weighted by Crippen LogP contribution is -2.14. The molecule has 1 saturated heterocycles. The van der Waals surface area contributed by atoms with Gasteiger partial charge in [0.2, 0.25) is 0 Å². The third-order valence-electron chi connectivity index (χ3n) is 2.33. The average Bonchev–Trinajstić information content (AvgIpc) is 2.71. The van der Waals surface area contributed by atoms with E-state index >= 15 is 0 Å². The second-order valence-corrected chi connectivity index (χ2v) is 3.23. The average molecular weight is 173 g/mol. The smallest absolute Gasteiger partial charge is 0.0992 e. The minimum absolute atomic E-state index is 0.355. The molecule has 1 aliphatic heterocycles. The fraction of sp³-hybridized carbons (Fsp3) is 0.400. The molecule has 0 aliphatic carbocycles. The Kier molecular flexibility index (Phi) is 2.24. The first-order valence-electron chi connectivity index (χ1n) is 4.49. The van der Waals surface area contributed by atoms with Crippen LogP contribution in [0.3, 0.4) is 0 Å². The summed E-state index contributed by atoms with van der Waals surface area (Å²) in [7, 11) is 0. The van der Waals surface area contributed by atoms with Crippen molar-refractivity contribution in [2.75, 3.05) is 6.54 Å². The van der Waals surface area contributed by atoms with Crippen LogP contribution in [0.25, 0.3) is 0 Å². The molecule has 0 amide bonds. The highest BCUT2D eigenvalue weighted by Gasteiger charge is 2.17. The van der Waals surface area contributed by atoms with Crippen molar-refractivity contribution in [3.05, 3.63) is 29.6 Å². The molecule has 2 rings (SSSR count). The van der Waals surface area contributed by atoms with E-state index in [4.69, 9.17) is 5.26 Å². The summed E-state index contributed by atoms with van der Waals surface area (Å²) in [4.78, 5) is 4.26. The fourth-order valence-corrected chi connectivity index (χ4v) is 1.65. The second-order valence-electron chi connectivity index (χ2n) is 3.23. The molecule has 0 saturated carbocycles. The van der Waals surface area contributed by atoms with Crippen molar-refractivity contribution in [3.63, 3.8) is 0 Å². The topological polar surface area (TPSA) is 48.7 Å². The molecule has 0 bridgehead atoms. The molecular formula is C10H11N3. The first-order chi connectivity index (χ1) is 6.40.